The number of rotatable bonds is 5. The van der Waals surface area contributed by atoms with Crippen molar-refractivity contribution in [2.75, 3.05) is 32.7 Å². The fourth-order valence-corrected chi connectivity index (χ4v) is 4.76. The van der Waals surface area contributed by atoms with Gasteiger partial charge in [0.2, 0.25) is 0 Å². The molecule has 0 spiro atoms. The summed E-state index contributed by atoms with van der Waals surface area (Å²) in [5.74, 6) is 1.80. The van der Waals surface area contributed by atoms with Crippen LogP contribution in [-0.4, -0.2) is 42.5 Å². The van der Waals surface area contributed by atoms with E-state index in [1.807, 2.05) is 0 Å². The van der Waals surface area contributed by atoms with Gasteiger partial charge in [0.25, 0.3) is 0 Å². The molecule has 3 fully saturated rings. The third kappa shape index (κ3) is 3.97. The Morgan fingerprint density at radius 1 is 0.739 bits per heavy atom. The minimum absolute atomic E-state index is 0.839. The molecule has 1 saturated carbocycles. The summed E-state index contributed by atoms with van der Waals surface area (Å²) in [5, 5.41) is 0. The summed E-state index contributed by atoms with van der Waals surface area (Å²) < 4.78 is 0. The molecular formula is C21H32N2. The van der Waals surface area contributed by atoms with E-state index in [0.717, 1.165) is 18.4 Å². The molecule has 1 aromatic rings. The van der Waals surface area contributed by atoms with Gasteiger partial charge >= 0.3 is 0 Å². The first kappa shape index (κ1) is 15.7. The van der Waals surface area contributed by atoms with E-state index in [1.165, 1.54) is 83.2 Å². The maximum atomic E-state index is 2.68. The number of nitrogens with zero attached hydrogens (tertiary/aromatic N) is 2. The predicted molar refractivity (Wildman–Crippen MR) is 96.7 cm³/mol. The largest absolute Gasteiger partial charge is 0.303 e. The summed E-state index contributed by atoms with van der Waals surface area (Å²) in [6, 6.07) is 9.60. The van der Waals surface area contributed by atoms with Gasteiger partial charge in [-0.15, -0.1) is 0 Å². The molecule has 0 radical (unpaired) electrons. The van der Waals surface area contributed by atoms with E-state index < -0.39 is 0 Å². The standard InChI is InChI=1S/C21H32N2/c1-2-10-22(11-3-1)16-18-6-8-20(9-7-18)21-14-19(15-21)17-23-12-4-5-13-23/h6-9,19,21H,1-5,10-17H2. The molecule has 126 valence electrons. The summed E-state index contributed by atoms with van der Waals surface area (Å²) in [4.78, 5) is 5.30. The van der Waals surface area contributed by atoms with Crippen molar-refractivity contribution in [1.82, 2.24) is 9.80 Å². The van der Waals surface area contributed by atoms with E-state index >= 15 is 0 Å². The Morgan fingerprint density at radius 2 is 1.35 bits per heavy atom. The average molecular weight is 313 g/mol. The smallest absolute Gasteiger partial charge is 0.0233 e. The molecule has 2 heterocycles. The highest BCUT2D eigenvalue weighted by Gasteiger charge is 2.31. The number of benzene rings is 1. The zero-order chi connectivity index (χ0) is 15.5. The van der Waals surface area contributed by atoms with Gasteiger partial charge in [-0.05, 0) is 87.7 Å². The normalized spacial score (nSPS) is 29.6. The Kier molecular flexibility index (Phi) is 5.01. The number of hydrogen-bond donors (Lipinski definition) is 0. The maximum Gasteiger partial charge on any atom is 0.0233 e. The van der Waals surface area contributed by atoms with Crippen molar-refractivity contribution in [2.45, 2.75) is 57.4 Å². The van der Waals surface area contributed by atoms with Crippen molar-refractivity contribution >= 4 is 0 Å². The molecule has 0 amide bonds. The first-order chi connectivity index (χ1) is 11.4. The summed E-state index contributed by atoms with van der Waals surface area (Å²) in [6.07, 6.45) is 9.89. The summed E-state index contributed by atoms with van der Waals surface area (Å²) in [6.45, 7) is 7.82. The van der Waals surface area contributed by atoms with E-state index in [4.69, 9.17) is 0 Å². The van der Waals surface area contributed by atoms with E-state index in [2.05, 4.69) is 34.1 Å². The van der Waals surface area contributed by atoms with Crippen LogP contribution in [0.4, 0.5) is 0 Å². The number of piperidine rings is 1. The lowest BCUT2D eigenvalue weighted by molar-refractivity contribution is 0.180. The molecular weight excluding hydrogens is 280 g/mol. The molecule has 3 aliphatic rings. The molecule has 2 nitrogen and oxygen atoms in total. The van der Waals surface area contributed by atoms with E-state index in [0.29, 0.717) is 0 Å². The lowest BCUT2D eigenvalue weighted by Crippen LogP contribution is -2.34. The van der Waals surface area contributed by atoms with Crippen LogP contribution < -0.4 is 0 Å². The Hall–Kier alpha value is -0.860. The minimum atomic E-state index is 0.839. The zero-order valence-corrected chi connectivity index (χ0v) is 14.6. The van der Waals surface area contributed by atoms with Gasteiger partial charge in [0.15, 0.2) is 0 Å². The summed E-state index contributed by atoms with van der Waals surface area (Å²) in [7, 11) is 0. The second-order valence-corrected chi connectivity index (χ2v) is 8.12. The van der Waals surface area contributed by atoms with Crippen molar-refractivity contribution in [3.8, 4) is 0 Å². The van der Waals surface area contributed by atoms with Crippen molar-refractivity contribution in [3.63, 3.8) is 0 Å². The first-order valence-electron chi connectivity index (χ1n) is 9.90. The second-order valence-electron chi connectivity index (χ2n) is 8.12. The average Bonchev–Trinajstić information content (AvgIpc) is 3.06. The first-order valence-corrected chi connectivity index (χ1v) is 9.90. The molecule has 1 aromatic carbocycles. The molecule has 0 aromatic heterocycles. The fourth-order valence-electron chi connectivity index (χ4n) is 4.76. The monoisotopic (exact) mass is 312 g/mol. The molecule has 23 heavy (non-hydrogen) atoms. The van der Waals surface area contributed by atoms with Crippen molar-refractivity contribution in [2.24, 2.45) is 5.92 Å². The van der Waals surface area contributed by atoms with Gasteiger partial charge in [-0.3, -0.25) is 4.90 Å². The van der Waals surface area contributed by atoms with E-state index in [1.54, 1.807) is 5.56 Å². The molecule has 4 rings (SSSR count). The topological polar surface area (TPSA) is 6.48 Å². The van der Waals surface area contributed by atoms with Gasteiger partial charge in [0.1, 0.15) is 0 Å². The lowest BCUT2D eigenvalue weighted by Gasteiger charge is -2.38. The van der Waals surface area contributed by atoms with Crippen molar-refractivity contribution in [3.05, 3.63) is 35.4 Å². The van der Waals surface area contributed by atoms with Crippen LogP contribution in [0.15, 0.2) is 24.3 Å². The molecule has 2 saturated heterocycles. The summed E-state index contributed by atoms with van der Waals surface area (Å²) >= 11 is 0. The molecule has 2 aliphatic heterocycles. The van der Waals surface area contributed by atoms with Gasteiger partial charge < -0.3 is 4.90 Å². The Labute approximate surface area is 141 Å². The van der Waals surface area contributed by atoms with Crippen LogP contribution in [0.1, 0.15) is 62.0 Å². The lowest BCUT2D eigenvalue weighted by atomic mass is 9.71. The highest BCUT2D eigenvalue weighted by molar-refractivity contribution is 5.27. The van der Waals surface area contributed by atoms with Crippen LogP contribution in [0.2, 0.25) is 0 Å². The minimum Gasteiger partial charge on any atom is -0.303 e. The van der Waals surface area contributed by atoms with Crippen LogP contribution in [0.3, 0.4) is 0 Å². The fraction of sp³-hybridized carbons (Fsp3) is 0.714. The molecule has 0 atom stereocenters. The Balaban J connectivity index is 1.24. The van der Waals surface area contributed by atoms with Gasteiger partial charge in [-0.2, -0.15) is 0 Å². The highest BCUT2D eigenvalue weighted by Crippen LogP contribution is 2.42. The number of likely N-dealkylation sites (tertiary alicyclic amines) is 2. The van der Waals surface area contributed by atoms with Crippen LogP contribution >= 0.6 is 0 Å². The summed E-state index contributed by atoms with van der Waals surface area (Å²) in [5.41, 5.74) is 3.09. The van der Waals surface area contributed by atoms with Gasteiger partial charge in [-0.1, -0.05) is 30.7 Å². The SMILES string of the molecule is c1cc(C2CC(CN3CCCC3)C2)ccc1CN1CCCCC1. The quantitative estimate of drug-likeness (QED) is 0.801. The maximum absolute atomic E-state index is 2.68. The number of hydrogen-bond acceptors (Lipinski definition) is 2. The molecule has 0 N–H and O–H groups in total. The highest BCUT2D eigenvalue weighted by atomic mass is 15.1. The van der Waals surface area contributed by atoms with E-state index in [-0.39, 0.29) is 0 Å². The third-order valence-corrected chi connectivity index (χ3v) is 6.26. The van der Waals surface area contributed by atoms with Crippen LogP contribution in [0.25, 0.3) is 0 Å². The Morgan fingerprint density at radius 3 is 2.04 bits per heavy atom. The van der Waals surface area contributed by atoms with Crippen LogP contribution in [-0.2, 0) is 6.54 Å². The zero-order valence-electron chi connectivity index (χ0n) is 14.6. The van der Waals surface area contributed by atoms with Crippen molar-refractivity contribution < 1.29 is 0 Å². The third-order valence-electron chi connectivity index (χ3n) is 6.26. The van der Waals surface area contributed by atoms with E-state index in [9.17, 15) is 0 Å². The van der Waals surface area contributed by atoms with Crippen molar-refractivity contribution in [1.29, 1.82) is 0 Å². The predicted octanol–water partition coefficient (Wildman–Crippen LogP) is 4.26. The van der Waals surface area contributed by atoms with Gasteiger partial charge in [0.05, 0.1) is 0 Å². The van der Waals surface area contributed by atoms with Crippen LogP contribution in [0.5, 0.6) is 0 Å². The molecule has 2 heteroatoms. The second kappa shape index (κ2) is 7.36. The molecule has 0 bridgehead atoms. The van der Waals surface area contributed by atoms with Gasteiger partial charge in [-0.25, -0.2) is 0 Å². The van der Waals surface area contributed by atoms with Gasteiger partial charge in [0, 0.05) is 13.1 Å². The molecule has 0 unspecified atom stereocenters. The Bertz CT molecular complexity index is 477. The molecule has 1 aliphatic carbocycles. The van der Waals surface area contributed by atoms with Crippen LogP contribution in [0, 0.1) is 5.92 Å².